The minimum absolute atomic E-state index is 0.00978. The topological polar surface area (TPSA) is 65.6 Å². The number of nitrogens with one attached hydrogen (secondary N) is 1. The molecule has 2 amide bonds. The van der Waals surface area contributed by atoms with Gasteiger partial charge in [-0.3, -0.25) is 4.79 Å². The molecule has 1 N–H and O–H groups in total. The van der Waals surface area contributed by atoms with Gasteiger partial charge in [0.1, 0.15) is 5.60 Å². The maximum Gasteiger partial charge on any atom is 0.410 e. The number of aromatic nitrogens is 1. The average Bonchev–Trinajstić information content (AvgIpc) is 2.92. The Morgan fingerprint density at radius 3 is 2.32 bits per heavy atom. The zero-order valence-corrected chi connectivity index (χ0v) is 13.9. The third kappa shape index (κ3) is 3.61. The molecule has 1 aromatic heterocycles. The molecule has 6 heteroatoms. The molecule has 1 saturated heterocycles. The van der Waals surface area contributed by atoms with Crippen molar-refractivity contribution < 1.29 is 14.3 Å². The number of piperazine rings is 1. The standard InChI is InChI=1S/C16H25N3O3/c1-11-10-19(15(21)22-16(3,4)5)12(2)9-18(11)14(20)13-6-7-17-8-13/h6-8,11-12,17H,9-10H2,1-5H3/t11-,12-/m1/s1. The predicted octanol–water partition coefficient (Wildman–Crippen LogP) is 2.48. The van der Waals surface area contributed by atoms with Crippen molar-refractivity contribution >= 4 is 12.0 Å². The maximum atomic E-state index is 12.5. The molecule has 1 aliphatic rings. The van der Waals surface area contributed by atoms with Crippen molar-refractivity contribution in [3.8, 4) is 0 Å². The van der Waals surface area contributed by atoms with Crippen LogP contribution in [0.2, 0.25) is 0 Å². The first-order chi connectivity index (χ1) is 10.2. The molecule has 0 unspecified atom stereocenters. The summed E-state index contributed by atoms with van der Waals surface area (Å²) < 4.78 is 5.44. The molecule has 0 aliphatic carbocycles. The van der Waals surface area contributed by atoms with E-state index in [9.17, 15) is 9.59 Å². The molecule has 0 radical (unpaired) electrons. The molecule has 0 aromatic carbocycles. The van der Waals surface area contributed by atoms with Crippen LogP contribution in [0.25, 0.3) is 0 Å². The van der Waals surface area contributed by atoms with Crippen LogP contribution in [0, 0.1) is 0 Å². The lowest BCUT2D eigenvalue weighted by molar-refractivity contribution is -0.00788. The number of ether oxygens (including phenoxy) is 1. The van der Waals surface area contributed by atoms with E-state index in [1.807, 2.05) is 39.5 Å². The van der Waals surface area contributed by atoms with Gasteiger partial charge in [-0.25, -0.2) is 4.79 Å². The highest BCUT2D eigenvalue weighted by atomic mass is 16.6. The van der Waals surface area contributed by atoms with Crippen molar-refractivity contribution in [2.24, 2.45) is 0 Å². The van der Waals surface area contributed by atoms with Gasteiger partial charge in [0.05, 0.1) is 5.56 Å². The fraction of sp³-hybridized carbons (Fsp3) is 0.625. The minimum atomic E-state index is -0.516. The molecular formula is C16H25N3O3. The first-order valence-corrected chi connectivity index (χ1v) is 7.62. The molecule has 0 spiro atoms. The first kappa shape index (κ1) is 16.4. The van der Waals surface area contributed by atoms with E-state index in [2.05, 4.69) is 4.98 Å². The van der Waals surface area contributed by atoms with Gasteiger partial charge in [0, 0.05) is 37.6 Å². The van der Waals surface area contributed by atoms with Crippen LogP contribution in [-0.4, -0.2) is 57.6 Å². The molecule has 2 heterocycles. The molecule has 22 heavy (non-hydrogen) atoms. The molecule has 1 aromatic rings. The van der Waals surface area contributed by atoms with Crippen molar-refractivity contribution in [1.29, 1.82) is 0 Å². The van der Waals surface area contributed by atoms with Gasteiger partial charge < -0.3 is 19.5 Å². The Balaban J connectivity index is 2.05. The third-order valence-electron chi connectivity index (χ3n) is 3.72. The SMILES string of the molecule is C[C@@H]1CN(C(=O)c2cc[nH]c2)[C@H](C)CN1C(=O)OC(C)(C)C. The molecule has 2 atom stereocenters. The number of aromatic amines is 1. The highest BCUT2D eigenvalue weighted by molar-refractivity contribution is 5.94. The fourth-order valence-corrected chi connectivity index (χ4v) is 2.61. The van der Waals surface area contributed by atoms with Crippen molar-refractivity contribution in [2.75, 3.05) is 13.1 Å². The normalized spacial score (nSPS) is 22.6. The predicted molar refractivity (Wildman–Crippen MR) is 83.7 cm³/mol. The van der Waals surface area contributed by atoms with Gasteiger partial charge in [-0.15, -0.1) is 0 Å². The lowest BCUT2D eigenvalue weighted by Crippen LogP contribution is -2.60. The molecule has 2 rings (SSSR count). The zero-order chi connectivity index (χ0) is 16.5. The summed E-state index contributed by atoms with van der Waals surface area (Å²) in [5.74, 6) is -0.00978. The number of rotatable bonds is 1. The zero-order valence-electron chi connectivity index (χ0n) is 13.9. The lowest BCUT2D eigenvalue weighted by atomic mass is 10.1. The van der Waals surface area contributed by atoms with Crippen LogP contribution in [0.15, 0.2) is 18.5 Å². The van der Waals surface area contributed by atoms with Gasteiger partial charge in [-0.2, -0.15) is 0 Å². The summed E-state index contributed by atoms with van der Waals surface area (Å²) in [6.45, 7) is 10.4. The summed E-state index contributed by atoms with van der Waals surface area (Å²) in [6, 6.07) is 1.64. The number of hydrogen-bond acceptors (Lipinski definition) is 3. The number of H-pyrrole nitrogens is 1. The van der Waals surface area contributed by atoms with Crippen molar-refractivity contribution in [3.05, 3.63) is 24.0 Å². The van der Waals surface area contributed by atoms with Gasteiger partial charge in [0.25, 0.3) is 5.91 Å². The highest BCUT2D eigenvalue weighted by Crippen LogP contribution is 2.20. The number of hydrogen-bond donors (Lipinski definition) is 1. The first-order valence-electron chi connectivity index (χ1n) is 7.62. The Hall–Kier alpha value is -1.98. The second-order valence-corrected chi connectivity index (χ2v) is 6.89. The van der Waals surface area contributed by atoms with Crippen LogP contribution in [0.5, 0.6) is 0 Å². The molecule has 6 nitrogen and oxygen atoms in total. The van der Waals surface area contributed by atoms with E-state index in [1.165, 1.54) is 0 Å². The molecule has 1 aliphatic heterocycles. The second-order valence-electron chi connectivity index (χ2n) is 6.89. The molecule has 0 saturated carbocycles. The van der Waals surface area contributed by atoms with E-state index in [1.54, 1.807) is 23.4 Å². The van der Waals surface area contributed by atoms with Gasteiger partial charge in [0.2, 0.25) is 0 Å². The monoisotopic (exact) mass is 307 g/mol. The Morgan fingerprint density at radius 1 is 1.18 bits per heavy atom. The van der Waals surface area contributed by atoms with Crippen LogP contribution in [0.1, 0.15) is 45.0 Å². The average molecular weight is 307 g/mol. The van der Waals surface area contributed by atoms with Crippen LogP contribution in [-0.2, 0) is 4.74 Å². The summed E-state index contributed by atoms with van der Waals surface area (Å²) in [5, 5.41) is 0. The van der Waals surface area contributed by atoms with E-state index in [-0.39, 0.29) is 24.1 Å². The quantitative estimate of drug-likeness (QED) is 0.867. The lowest BCUT2D eigenvalue weighted by Gasteiger charge is -2.44. The number of carbonyl (C=O) groups is 2. The summed E-state index contributed by atoms with van der Waals surface area (Å²) in [4.78, 5) is 31.2. The van der Waals surface area contributed by atoms with Crippen molar-refractivity contribution in [3.63, 3.8) is 0 Å². The summed E-state index contributed by atoms with van der Waals surface area (Å²) in [6.07, 6.45) is 3.11. The third-order valence-corrected chi connectivity index (χ3v) is 3.72. The smallest absolute Gasteiger partial charge is 0.410 e. The van der Waals surface area contributed by atoms with Gasteiger partial charge >= 0.3 is 6.09 Å². The van der Waals surface area contributed by atoms with Gasteiger partial charge in [-0.1, -0.05) is 0 Å². The number of nitrogens with zero attached hydrogens (tertiary/aromatic N) is 2. The van der Waals surface area contributed by atoms with E-state index in [0.717, 1.165) is 0 Å². The minimum Gasteiger partial charge on any atom is -0.444 e. The van der Waals surface area contributed by atoms with Gasteiger partial charge in [0.15, 0.2) is 0 Å². The molecule has 1 fully saturated rings. The Labute approximate surface area is 131 Å². The van der Waals surface area contributed by atoms with Crippen LogP contribution in [0.3, 0.4) is 0 Å². The Kier molecular flexibility index (Phi) is 4.49. The Bertz CT molecular complexity index is 533. The number of amides is 2. The van der Waals surface area contributed by atoms with Crippen LogP contribution < -0.4 is 0 Å². The molecule has 122 valence electrons. The van der Waals surface area contributed by atoms with Crippen LogP contribution in [0.4, 0.5) is 4.79 Å². The molecular weight excluding hydrogens is 282 g/mol. The highest BCUT2D eigenvalue weighted by Gasteiger charge is 2.36. The second kappa shape index (κ2) is 6.02. The van der Waals surface area contributed by atoms with Gasteiger partial charge in [-0.05, 0) is 40.7 Å². The summed E-state index contributed by atoms with van der Waals surface area (Å²) in [7, 11) is 0. The maximum absolute atomic E-state index is 12.5. The summed E-state index contributed by atoms with van der Waals surface area (Å²) in [5.41, 5.74) is 0.128. The largest absolute Gasteiger partial charge is 0.444 e. The van der Waals surface area contributed by atoms with Crippen molar-refractivity contribution in [2.45, 2.75) is 52.3 Å². The Morgan fingerprint density at radius 2 is 1.77 bits per heavy atom. The van der Waals surface area contributed by atoms with E-state index < -0.39 is 5.60 Å². The van der Waals surface area contributed by atoms with Crippen molar-refractivity contribution in [1.82, 2.24) is 14.8 Å². The summed E-state index contributed by atoms with van der Waals surface area (Å²) >= 11 is 0. The molecule has 0 bridgehead atoms. The number of carbonyl (C=O) groups excluding carboxylic acids is 2. The van der Waals surface area contributed by atoms with E-state index in [0.29, 0.717) is 18.7 Å². The fourth-order valence-electron chi connectivity index (χ4n) is 2.61. The van der Waals surface area contributed by atoms with E-state index >= 15 is 0 Å². The van der Waals surface area contributed by atoms with Crippen LogP contribution >= 0.6 is 0 Å². The van der Waals surface area contributed by atoms with E-state index in [4.69, 9.17) is 4.74 Å².